The normalized spacial score (nSPS) is 12.5. The molecule has 2 aromatic carbocycles. The number of carbonyl (C=O) groups excluding carboxylic acids is 1. The molecule has 0 spiro atoms. The van der Waals surface area contributed by atoms with Crippen LogP contribution in [-0.2, 0) is 12.7 Å². The molecule has 0 bridgehead atoms. The van der Waals surface area contributed by atoms with Gasteiger partial charge in [-0.15, -0.1) is 0 Å². The smallest absolute Gasteiger partial charge is 0.315 e. The Kier molecular flexibility index (Phi) is 7.96. The number of halogens is 3. The van der Waals surface area contributed by atoms with Gasteiger partial charge in [0.15, 0.2) is 0 Å². The van der Waals surface area contributed by atoms with Crippen molar-refractivity contribution in [2.45, 2.75) is 58.8 Å². The number of alkyl halides is 3. The predicted octanol–water partition coefficient (Wildman–Crippen LogP) is 6.22. The Hall–Kier alpha value is -3.36. The third-order valence-electron chi connectivity index (χ3n) is 5.63. The van der Waals surface area contributed by atoms with Gasteiger partial charge in [0.05, 0.1) is 22.5 Å². The first kappa shape index (κ1) is 25.3. The maximum Gasteiger partial charge on any atom is 0.416 e. The van der Waals surface area contributed by atoms with Gasteiger partial charge < -0.3 is 10.2 Å². The van der Waals surface area contributed by atoms with Crippen LogP contribution in [0.15, 0.2) is 53.3 Å². The van der Waals surface area contributed by atoms with E-state index in [1.165, 1.54) is 17.0 Å². The number of benzene rings is 2. The molecule has 182 valence electrons. The Labute approximate surface area is 196 Å². The van der Waals surface area contributed by atoms with E-state index < -0.39 is 23.8 Å². The maximum absolute atomic E-state index is 13.2. The second-order valence-corrected chi connectivity index (χ2v) is 8.18. The first-order valence-electron chi connectivity index (χ1n) is 11.4. The quantitative estimate of drug-likeness (QED) is 0.421. The van der Waals surface area contributed by atoms with Gasteiger partial charge in [0, 0.05) is 18.8 Å². The number of rotatable bonds is 8. The van der Waals surface area contributed by atoms with Crippen LogP contribution in [0.2, 0.25) is 0 Å². The van der Waals surface area contributed by atoms with Gasteiger partial charge >= 0.3 is 12.2 Å². The molecular formula is C25H29F3N4O2. The summed E-state index contributed by atoms with van der Waals surface area (Å²) in [6, 6.07) is 10.4. The Bertz CT molecular complexity index is 1210. The summed E-state index contributed by atoms with van der Waals surface area (Å²) in [6.45, 7) is 6.51. The topological polar surface area (TPSA) is 67.2 Å². The zero-order valence-corrected chi connectivity index (χ0v) is 19.5. The highest BCUT2D eigenvalue weighted by molar-refractivity contribution is 5.89. The molecule has 1 atom stereocenters. The third-order valence-corrected chi connectivity index (χ3v) is 5.63. The van der Waals surface area contributed by atoms with Crippen molar-refractivity contribution in [2.24, 2.45) is 0 Å². The van der Waals surface area contributed by atoms with Crippen LogP contribution in [0.4, 0.5) is 23.7 Å². The number of carbonyl (C=O) groups is 1. The van der Waals surface area contributed by atoms with Crippen LogP contribution >= 0.6 is 0 Å². The van der Waals surface area contributed by atoms with Gasteiger partial charge in [0.2, 0.25) is 0 Å². The molecule has 0 saturated carbocycles. The highest BCUT2D eigenvalue weighted by Crippen LogP contribution is 2.31. The summed E-state index contributed by atoms with van der Waals surface area (Å²) < 4.78 is 40.9. The summed E-state index contributed by atoms with van der Waals surface area (Å²) in [5.74, 6) is 0.445. The van der Waals surface area contributed by atoms with Gasteiger partial charge in [-0.3, -0.25) is 9.36 Å². The van der Waals surface area contributed by atoms with E-state index >= 15 is 0 Å². The molecule has 1 N–H and O–H groups in total. The molecule has 3 rings (SSSR count). The number of hydrogen-bond donors (Lipinski definition) is 1. The van der Waals surface area contributed by atoms with E-state index in [0.717, 1.165) is 18.6 Å². The second kappa shape index (κ2) is 10.7. The lowest BCUT2D eigenvalue weighted by Crippen LogP contribution is -2.40. The van der Waals surface area contributed by atoms with E-state index in [1.54, 1.807) is 35.8 Å². The molecule has 0 aliphatic carbocycles. The molecule has 6 nitrogen and oxygen atoms in total. The molecule has 2 amide bonds. The van der Waals surface area contributed by atoms with E-state index in [-0.39, 0.29) is 11.2 Å². The number of aromatic nitrogens is 2. The average Bonchev–Trinajstić information content (AvgIpc) is 2.80. The Balaban J connectivity index is 1.99. The van der Waals surface area contributed by atoms with Crippen molar-refractivity contribution in [3.63, 3.8) is 0 Å². The lowest BCUT2D eigenvalue weighted by molar-refractivity contribution is -0.137. The van der Waals surface area contributed by atoms with Crippen LogP contribution in [-0.4, -0.2) is 27.0 Å². The van der Waals surface area contributed by atoms with Crippen LogP contribution in [0.5, 0.6) is 0 Å². The fourth-order valence-corrected chi connectivity index (χ4v) is 3.85. The lowest BCUT2D eigenvalue weighted by atomic mass is 10.1. The molecule has 3 aromatic rings. The number of para-hydroxylation sites is 1. The lowest BCUT2D eigenvalue weighted by Gasteiger charge is -2.30. The predicted molar refractivity (Wildman–Crippen MR) is 127 cm³/mol. The second-order valence-electron chi connectivity index (χ2n) is 8.18. The Morgan fingerprint density at radius 3 is 2.53 bits per heavy atom. The molecule has 0 fully saturated rings. The summed E-state index contributed by atoms with van der Waals surface area (Å²) in [6.07, 6.45) is -2.31. The number of unbranched alkanes of at least 4 members (excludes halogenated alkanes) is 1. The van der Waals surface area contributed by atoms with Crippen LogP contribution in [0, 0.1) is 0 Å². The zero-order chi connectivity index (χ0) is 24.9. The Morgan fingerprint density at radius 2 is 1.85 bits per heavy atom. The largest absolute Gasteiger partial charge is 0.416 e. The standard InChI is InChI=1S/C25H29F3N4O2/c1-4-6-15-31(24(34)29-19-11-9-10-18(16-19)25(26,27)28)17(3)22-30-21-13-8-7-12-20(21)23(33)32(22)14-5-2/h7-13,16-17H,4-6,14-15H2,1-3H3,(H,29,34). The molecule has 1 aromatic heterocycles. The van der Waals surface area contributed by atoms with Gasteiger partial charge in [0.1, 0.15) is 5.82 Å². The van der Waals surface area contributed by atoms with E-state index in [2.05, 4.69) is 5.32 Å². The minimum Gasteiger partial charge on any atom is -0.315 e. The summed E-state index contributed by atoms with van der Waals surface area (Å²) >= 11 is 0. The third kappa shape index (κ3) is 5.58. The molecular weight excluding hydrogens is 445 g/mol. The number of anilines is 1. The summed E-state index contributed by atoms with van der Waals surface area (Å²) in [7, 11) is 0. The van der Waals surface area contributed by atoms with Crippen molar-refractivity contribution >= 4 is 22.6 Å². The number of nitrogens with zero attached hydrogens (tertiary/aromatic N) is 3. The van der Waals surface area contributed by atoms with Crippen molar-refractivity contribution in [1.82, 2.24) is 14.5 Å². The number of amides is 2. The highest BCUT2D eigenvalue weighted by Gasteiger charge is 2.31. The van der Waals surface area contributed by atoms with Crippen molar-refractivity contribution in [3.8, 4) is 0 Å². The highest BCUT2D eigenvalue weighted by atomic mass is 19.4. The number of nitrogens with one attached hydrogen (secondary N) is 1. The average molecular weight is 475 g/mol. The van der Waals surface area contributed by atoms with Crippen molar-refractivity contribution in [1.29, 1.82) is 0 Å². The molecule has 1 unspecified atom stereocenters. The molecule has 1 heterocycles. The fraction of sp³-hybridized carbons (Fsp3) is 0.400. The summed E-state index contributed by atoms with van der Waals surface area (Å²) in [5, 5.41) is 3.09. The van der Waals surface area contributed by atoms with Crippen LogP contribution < -0.4 is 10.9 Å². The minimum absolute atomic E-state index is 0.0472. The monoisotopic (exact) mass is 474 g/mol. The van der Waals surface area contributed by atoms with Crippen molar-refractivity contribution in [2.75, 3.05) is 11.9 Å². The van der Waals surface area contributed by atoms with Crippen LogP contribution in [0.3, 0.4) is 0 Å². The SMILES string of the molecule is CCCCN(C(=O)Nc1cccc(C(F)(F)F)c1)C(C)c1nc2ccccc2c(=O)n1CCC. The Morgan fingerprint density at radius 1 is 1.12 bits per heavy atom. The molecule has 0 aliphatic heterocycles. The van der Waals surface area contributed by atoms with E-state index in [4.69, 9.17) is 4.98 Å². The first-order chi connectivity index (χ1) is 16.2. The van der Waals surface area contributed by atoms with Gasteiger partial charge in [-0.05, 0) is 50.1 Å². The van der Waals surface area contributed by atoms with Gasteiger partial charge in [-0.1, -0.05) is 38.5 Å². The fourth-order valence-electron chi connectivity index (χ4n) is 3.85. The molecule has 0 radical (unpaired) electrons. The van der Waals surface area contributed by atoms with Crippen LogP contribution in [0.1, 0.15) is 57.5 Å². The van der Waals surface area contributed by atoms with Crippen molar-refractivity contribution < 1.29 is 18.0 Å². The van der Waals surface area contributed by atoms with Gasteiger partial charge in [-0.25, -0.2) is 9.78 Å². The number of hydrogen-bond acceptors (Lipinski definition) is 3. The summed E-state index contributed by atoms with van der Waals surface area (Å²) in [4.78, 5) is 32.6. The van der Waals surface area contributed by atoms with Crippen molar-refractivity contribution in [3.05, 3.63) is 70.3 Å². The van der Waals surface area contributed by atoms with Gasteiger partial charge in [-0.2, -0.15) is 13.2 Å². The minimum atomic E-state index is -4.51. The van der Waals surface area contributed by atoms with E-state index in [0.29, 0.717) is 42.7 Å². The number of fused-ring (bicyclic) bond motifs is 1. The number of urea groups is 1. The zero-order valence-electron chi connectivity index (χ0n) is 19.5. The first-order valence-corrected chi connectivity index (χ1v) is 11.4. The molecule has 9 heteroatoms. The van der Waals surface area contributed by atoms with E-state index in [9.17, 15) is 22.8 Å². The van der Waals surface area contributed by atoms with E-state index in [1.807, 2.05) is 13.8 Å². The maximum atomic E-state index is 13.2. The molecule has 0 aliphatic rings. The van der Waals surface area contributed by atoms with Crippen LogP contribution in [0.25, 0.3) is 10.9 Å². The molecule has 34 heavy (non-hydrogen) atoms. The molecule has 0 saturated heterocycles. The van der Waals surface area contributed by atoms with Gasteiger partial charge in [0.25, 0.3) is 5.56 Å². The summed E-state index contributed by atoms with van der Waals surface area (Å²) in [5.41, 5.74) is -0.434.